The van der Waals surface area contributed by atoms with Gasteiger partial charge in [-0.15, -0.1) is 0 Å². The first kappa shape index (κ1) is 12.5. The van der Waals surface area contributed by atoms with Gasteiger partial charge in [0.25, 0.3) is 0 Å². The van der Waals surface area contributed by atoms with Gasteiger partial charge in [0.1, 0.15) is 10.7 Å². The predicted molar refractivity (Wildman–Crippen MR) is 47.7 cm³/mol. The van der Waals surface area contributed by atoms with Crippen LogP contribution >= 0.6 is 0 Å². The fourth-order valence-electron chi connectivity index (χ4n) is 1.00. The first-order valence-corrected chi connectivity index (χ1v) is 4.39. The van der Waals surface area contributed by atoms with E-state index in [1.807, 2.05) is 0 Å². The first-order chi connectivity index (χ1) is 7.38. The summed E-state index contributed by atoms with van der Waals surface area (Å²) in [5.41, 5.74) is 0. The van der Waals surface area contributed by atoms with Gasteiger partial charge in [0.2, 0.25) is 0 Å². The van der Waals surface area contributed by atoms with Crippen LogP contribution in [0, 0.1) is 10.1 Å². The summed E-state index contributed by atoms with van der Waals surface area (Å²) in [6, 6.07) is 2.50. The fraction of sp³-hybridized carbons (Fsp3) is 0.500. The number of nitrogens with zero attached hydrogens (tertiary/aromatic N) is 1. The van der Waals surface area contributed by atoms with Gasteiger partial charge >= 0.3 is 12.1 Å². The smallest absolute Gasteiger partial charge is 0.404 e. The number of rotatable bonds is 5. The number of furan rings is 1. The zero-order valence-electron chi connectivity index (χ0n) is 8.08. The molecule has 0 bridgehead atoms. The summed E-state index contributed by atoms with van der Waals surface area (Å²) in [4.78, 5) is 9.51. The SMILES string of the molecule is O=[N+]([O-])c1ccc(CNCCC(F)(F)F)o1. The van der Waals surface area contributed by atoms with Gasteiger partial charge in [0.05, 0.1) is 19.0 Å². The summed E-state index contributed by atoms with van der Waals surface area (Å²) in [5.74, 6) is -0.193. The van der Waals surface area contributed by atoms with Crippen molar-refractivity contribution in [2.24, 2.45) is 0 Å². The first-order valence-electron chi connectivity index (χ1n) is 4.39. The molecular formula is C8H9F3N2O3. The lowest BCUT2D eigenvalue weighted by Crippen LogP contribution is -2.21. The Balaban J connectivity index is 2.30. The average molecular weight is 238 g/mol. The molecule has 0 spiro atoms. The highest BCUT2D eigenvalue weighted by Crippen LogP contribution is 2.18. The van der Waals surface area contributed by atoms with E-state index in [1.54, 1.807) is 0 Å². The third-order valence-electron chi connectivity index (χ3n) is 1.71. The Bertz CT molecular complexity index is 362. The van der Waals surface area contributed by atoms with Crippen molar-refractivity contribution in [1.82, 2.24) is 5.32 Å². The van der Waals surface area contributed by atoms with Gasteiger partial charge in [-0.2, -0.15) is 13.2 Å². The summed E-state index contributed by atoms with van der Waals surface area (Å²) >= 11 is 0. The molecular weight excluding hydrogens is 229 g/mol. The monoisotopic (exact) mass is 238 g/mol. The van der Waals surface area contributed by atoms with Crippen molar-refractivity contribution < 1.29 is 22.5 Å². The Hall–Kier alpha value is -1.57. The Kier molecular flexibility index (Phi) is 3.88. The maximum atomic E-state index is 11.7. The van der Waals surface area contributed by atoms with Gasteiger partial charge in [-0.1, -0.05) is 0 Å². The number of nitro groups is 1. The van der Waals surface area contributed by atoms with Crippen LogP contribution in [-0.2, 0) is 6.54 Å². The minimum atomic E-state index is -4.21. The quantitative estimate of drug-likeness (QED) is 0.485. The number of hydrogen-bond donors (Lipinski definition) is 1. The van der Waals surface area contributed by atoms with Crippen LogP contribution in [0.2, 0.25) is 0 Å². The molecule has 8 heteroatoms. The number of nitrogens with one attached hydrogen (secondary N) is 1. The minimum Gasteiger partial charge on any atom is -0.404 e. The van der Waals surface area contributed by atoms with Crippen molar-refractivity contribution in [3.8, 4) is 0 Å². The highest BCUT2D eigenvalue weighted by molar-refractivity contribution is 5.17. The van der Waals surface area contributed by atoms with Crippen molar-refractivity contribution in [2.75, 3.05) is 6.54 Å². The van der Waals surface area contributed by atoms with Crippen molar-refractivity contribution >= 4 is 5.88 Å². The predicted octanol–water partition coefficient (Wildman–Crippen LogP) is 2.23. The van der Waals surface area contributed by atoms with E-state index in [0.29, 0.717) is 0 Å². The maximum absolute atomic E-state index is 11.7. The molecule has 5 nitrogen and oxygen atoms in total. The molecule has 0 aliphatic carbocycles. The van der Waals surface area contributed by atoms with E-state index >= 15 is 0 Å². The molecule has 0 aliphatic heterocycles. The standard InChI is InChI=1S/C8H9F3N2O3/c9-8(10,11)3-4-12-5-6-1-2-7(16-6)13(14)15/h1-2,12H,3-5H2. The van der Waals surface area contributed by atoms with E-state index < -0.39 is 23.4 Å². The molecule has 1 N–H and O–H groups in total. The summed E-state index contributed by atoms with van der Waals surface area (Å²) < 4.78 is 40.0. The molecule has 0 amide bonds. The zero-order valence-corrected chi connectivity index (χ0v) is 8.08. The third-order valence-corrected chi connectivity index (χ3v) is 1.71. The second kappa shape index (κ2) is 4.97. The van der Waals surface area contributed by atoms with E-state index in [9.17, 15) is 23.3 Å². The molecule has 0 unspecified atom stereocenters. The molecule has 0 fully saturated rings. The third kappa shape index (κ3) is 4.30. The highest BCUT2D eigenvalue weighted by Gasteiger charge is 2.26. The average Bonchev–Trinajstić information content (AvgIpc) is 2.59. The topological polar surface area (TPSA) is 68.3 Å². The van der Waals surface area contributed by atoms with E-state index in [-0.39, 0.29) is 18.8 Å². The molecule has 1 aromatic heterocycles. The summed E-state index contributed by atoms with van der Waals surface area (Å²) in [7, 11) is 0. The molecule has 1 aromatic rings. The number of halogens is 3. The van der Waals surface area contributed by atoms with E-state index in [1.165, 1.54) is 6.07 Å². The van der Waals surface area contributed by atoms with Gasteiger partial charge in [0.15, 0.2) is 0 Å². The van der Waals surface area contributed by atoms with Crippen LogP contribution in [0.25, 0.3) is 0 Å². The Morgan fingerprint density at radius 1 is 1.44 bits per heavy atom. The lowest BCUT2D eigenvalue weighted by molar-refractivity contribution is -0.402. The van der Waals surface area contributed by atoms with Gasteiger partial charge in [-0.25, -0.2) is 0 Å². The van der Waals surface area contributed by atoms with E-state index in [0.717, 1.165) is 6.07 Å². The van der Waals surface area contributed by atoms with Gasteiger partial charge in [-0.3, -0.25) is 10.1 Å². The zero-order chi connectivity index (χ0) is 12.2. The van der Waals surface area contributed by atoms with Crippen molar-refractivity contribution in [3.63, 3.8) is 0 Å². The molecule has 90 valence electrons. The van der Waals surface area contributed by atoms with Crippen LogP contribution in [0.3, 0.4) is 0 Å². The maximum Gasteiger partial charge on any atom is 0.433 e. The molecule has 1 heterocycles. The van der Waals surface area contributed by atoms with Crippen LogP contribution in [0.5, 0.6) is 0 Å². The van der Waals surface area contributed by atoms with Crippen molar-refractivity contribution in [1.29, 1.82) is 0 Å². The number of hydrogen-bond acceptors (Lipinski definition) is 4. The van der Waals surface area contributed by atoms with E-state index in [4.69, 9.17) is 4.42 Å². The second-order valence-corrected chi connectivity index (χ2v) is 3.04. The van der Waals surface area contributed by atoms with E-state index in [2.05, 4.69) is 5.32 Å². The normalized spacial score (nSPS) is 11.7. The number of alkyl halides is 3. The Morgan fingerprint density at radius 2 is 2.12 bits per heavy atom. The largest absolute Gasteiger partial charge is 0.433 e. The lowest BCUT2D eigenvalue weighted by atomic mass is 10.4. The fourth-order valence-corrected chi connectivity index (χ4v) is 1.00. The summed E-state index contributed by atoms with van der Waals surface area (Å²) in [6.45, 7) is -0.220. The molecule has 1 rings (SSSR count). The minimum absolute atomic E-state index is 0.0317. The molecule has 0 radical (unpaired) electrons. The summed E-state index contributed by atoms with van der Waals surface area (Å²) in [6.07, 6.45) is -5.15. The Morgan fingerprint density at radius 3 is 2.62 bits per heavy atom. The van der Waals surface area contributed by atoms with Crippen LogP contribution in [0.1, 0.15) is 12.2 Å². The molecule has 16 heavy (non-hydrogen) atoms. The van der Waals surface area contributed by atoms with Gasteiger partial charge in [0, 0.05) is 6.54 Å². The molecule has 0 aliphatic rings. The highest BCUT2D eigenvalue weighted by atomic mass is 19.4. The summed E-state index contributed by atoms with van der Waals surface area (Å²) in [5, 5.41) is 12.7. The van der Waals surface area contributed by atoms with Crippen molar-refractivity contribution in [2.45, 2.75) is 19.1 Å². The lowest BCUT2D eigenvalue weighted by Gasteiger charge is -2.05. The van der Waals surface area contributed by atoms with Gasteiger partial charge < -0.3 is 9.73 Å². The van der Waals surface area contributed by atoms with Crippen LogP contribution in [0.4, 0.5) is 19.1 Å². The molecule has 0 atom stereocenters. The van der Waals surface area contributed by atoms with Crippen LogP contribution in [-0.4, -0.2) is 17.6 Å². The van der Waals surface area contributed by atoms with Crippen molar-refractivity contribution in [3.05, 3.63) is 28.0 Å². The van der Waals surface area contributed by atoms with Crippen LogP contribution in [0.15, 0.2) is 16.5 Å². The van der Waals surface area contributed by atoms with Gasteiger partial charge in [-0.05, 0) is 6.07 Å². The van der Waals surface area contributed by atoms with Crippen LogP contribution < -0.4 is 5.32 Å². The molecule has 0 saturated heterocycles. The second-order valence-electron chi connectivity index (χ2n) is 3.04. The molecule has 0 aromatic carbocycles. The molecule has 0 saturated carbocycles. The Labute approximate surface area is 88.4 Å².